The predicted molar refractivity (Wildman–Crippen MR) is 62.4 cm³/mol. The van der Waals surface area contributed by atoms with Crippen LogP contribution in [0.4, 0.5) is 0 Å². The summed E-state index contributed by atoms with van der Waals surface area (Å²) in [5.74, 6) is 5.04. The van der Waals surface area contributed by atoms with Crippen molar-refractivity contribution >= 4 is 5.91 Å². The van der Waals surface area contributed by atoms with E-state index in [9.17, 15) is 4.79 Å². The monoisotopic (exact) mass is 219 g/mol. The van der Waals surface area contributed by atoms with Crippen LogP contribution in [-0.4, -0.2) is 27.1 Å². The number of carbonyl (C=O) groups is 1. The zero-order valence-corrected chi connectivity index (χ0v) is 10.0. The molecule has 1 aromatic rings. The zero-order valence-electron chi connectivity index (χ0n) is 10.0. The largest absolute Gasteiger partial charge is 0.328 e. The van der Waals surface area contributed by atoms with Gasteiger partial charge in [-0.3, -0.25) is 9.48 Å². The van der Waals surface area contributed by atoms with E-state index in [4.69, 9.17) is 0 Å². The van der Waals surface area contributed by atoms with E-state index >= 15 is 0 Å². The summed E-state index contributed by atoms with van der Waals surface area (Å²) >= 11 is 0. The van der Waals surface area contributed by atoms with E-state index in [0.29, 0.717) is 13.1 Å². The molecule has 4 nitrogen and oxygen atoms in total. The molecular weight excluding hydrogens is 202 g/mol. The molecule has 0 fully saturated rings. The minimum Gasteiger partial charge on any atom is -0.328 e. The van der Waals surface area contributed by atoms with E-state index in [1.807, 2.05) is 24.7 Å². The molecule has 0 atom stereocenters. The minimum absolute atomic E-state index is 0.130. The first kappa shape index (κ1) is 12.3. The first-order valence-corrected chi connectivity index (χ1v) is 5.44. The van der Waals surface area contributed by atoms with Gasteiger partial charge in [0.05, 0.1) is 6.20 Å². The van der Waals surface area contributed by atoms with Crippen LogP contribution in [0.15, 0.2) is 12.4 Å². The number of nitrogens with zero attached hydrogens (tertiary/aromatic N) is 3. The van der Waals surface area contributed by atoms with Crippen LogP contribution in [0.3, 0.4) is 0 Å². The summed E-state index contributed by atoms with van der Waals surface area (Å²) in [4.78, 5) is 13.3. The molecule has 0 aliphatic rings. The van der Waals surface area contributed by atoms with Gasteiger partial charge in [-0.2, -0.15) is 5.10 Å². The van der Waals surface area contributed by atoms with Gasteiger partial charge in [-0.1, -0.05) is 5.92 Å². The van der Waals surface area contributed by atoms with Crippen molar-refractivity contribution < 1.29 is 4.79 Å². The standard InChI is InChI=1S/C12H17N3O/c1-4-7-12(16)14(5-2)9-11-8-13-15(6-3)10-11/h8,10H,5-6,9H2,1-3H3. The molecule has 0 aromatic carbocycles. The van der Waals surface area contributed by atoms with E-state index in [-0.39, 0.29) is 5.91 Å². The number of aryl methyl sites for hydroxylation is 1. The Hall–Kier alpha value is -1.76. The predicted octanol–water partition coefficient (Wildman–Crippen LogP) is 1.27. The minimum atomic E-state index is -0.130. The number of aromatic nitrogens is 2. The van der Waals surface area contributed by atoms with E-state index in [1.54, 1.807) is 18.0 Å². The third-order valence-corrected chi connectivity index (χ3v) is 2.29. The molecule has 16 heavy (non-hydrogen) atoms. The highest BCUT2D eigenvalue weighted by molar-refractivity contribution is 5.93. The lowest BCUT2D eigenvalue weighted by molar-refractivity contribution is -0.125. The molecule has 0 aliphatic heterocycles. The summed E-state index contributed by atoms with van der Waals surface area (Å²) in [5, 5.41) is 4.17. The van der Waals surface area contributed by atoms with Crippen LogP contribution >= 0.6 is 0 Å². The Balaban J connectivity index is 2.68. The lowest BCUT2D eigenvalue weighted by Gasteiger charge is -2.16. The third-order valence-electron chi connectivity index (χ3n) is 2.29. The number of amides is 1. The molecule has 1 heterocycles. The summed E-state index contributed by atoms with van der Waals surface area (Å²) in [6.07, 6.45) is 3.74. The number of hydrogen-bond acceptors (Lipinski definition) is 2. The van der Waals surface area contributed by atoms with Gasteiger partial charge in [0.25, 0.3) is 5.91 Å². The molecule has 1 rings (SSSR count). The average Bonchev–Trinajstić information content (AvgIpc) is 2.73. The van der Waals surface area contributed by atoms with Crippen LogP contribution in [0.25, 0.3) is 0 Å². The summed E-state index contributed by atoms with van der Waals surface area (Å²) in [6.45, 7) is 7.71. The third kappa shape index (κ3) is 3.13. The van der Waals surface area contributed by atoms with Gasteiger partial charge < -0.3 is 4.90 Å². The van der Waals surface area contributed by atoms with Gasteiger partial charge in [0.1, 0.15) is 0 Å². The summed E-state index contributed by atoms with van der Waals surface area (Å²) in [5.41, 5.74) is 1.04. The Bertz CT molecular complexity index is 411. The summed E-state index contributed by atoms with van der Waals surface area (Å²) < 4.78 is 1.85. The highest BCUT2D eigenvalue weighted by Gasteiger charge is 2.10. The van der Waals surface area contributed by atoms with Crippen LogP contribution in [0.2, 0.25) is 0 Å². The molecule has 0 aliphatic carbocycles. The molecule has 0 radical (unpaired) electrons. The second-order valence-electron chi connectivity index (χ2n) is 3.40. The summed E-state index contributed by atoms with van der Waals surface area (Å²) in [6, 6.07) is 0. The van der Waals surface area contributed by atoms with E-state index in [1.165, 1.54) is 0 Å². The van der Waals surface area contributed by atoms with E-state index in [0.717, 1.165) is 12.1 Å². The van der Waals surface area contributed by atoms with Crippen LogP contribution in [0, 0.1) is 11.8 Å². The fourth-order valence-electron chi connectivity index (χ4n) is 1.39. The Morgan fingerprint density at radius 3 is 2.81 bits per heavy atom. The molecule has 0 bridgehead atoms. The second-order valence-corrected chi connectivity index (χ2v) is 3.40. The van der Waals surface area contributed by atoms with Crippen LogP contribution in [-0.2, 0) is 17.9 Å². The van der Waals surface area contributed by atoms with Gasteiger partial charge in [0.2, 0.25) is 0 Å². The van der Waals surface area contributed by atoms with Gasteiger partial charge in [-0.05, 0) is 26.7 Å². The molecule has 0 saturated carbocycles. The van der Waals surface area contributed by atoms with Crippen molar-refractivity contribution in [2.75, 3.05) is 6.54 Å². The molecule has 1 amide bonds. The van der Waals surface area contributed by atoms with Crippen LogP contribution in [0.5, 0.6) is 0 Å². The first-order valence-electron chi connectivity index (χ1n) is 5.44. The lowest BCUT2D eigenvalue weighted by Crippen LogP contribution is -2.28. The Morgan fingerprint density at radius 2 is 2.31 bits per heavy atom. The first-order chi connectivity index (χ1) is 7.71. The maximum absolute atomic E-state index is 11.6. The zero-order chi connectivity index (χ0) is 12.0. The average molecular weight is 219 g/mol. The second kappa shape index (κ2) is 5.96. The van der Waals surface area contributed by atoms with Crippen molar-refractivity contribution in [2.24, 2.45) is 0 Å². The topological polar surface area (TPSA) is 38.1 Å². The van der Waals surface area contributed by atoms with Gasteiger partial charge in [0.15, 0.2) is 0 Å². The van der Waals surface area contributed by atoms with Gasteiger partial charge in [-0.15, -0.1) is 0 Å². The molecule has 86 valence electrons. The normalized spacial score (nSPS) is 9.44. The highest BCUT2D eigenvalue weighted by atomic mass is 16.2. The number of rotatable bonds is 4. The molecule has 0 unspecified atom stereocenters. The molecule has 0 saturated heterocycles. The van der Waals surface area contributed by atoms with E-state index in [2.05, 4.69) is 16.9 Å². The molecule has 1 aromatic heterocycles. The number of hydrogen-bond donors (Lipinski definition) is 0. The number of carbonyl (C=O) groups excluding carboxylic acids is 1. The van der Waals surface area contributed by atoms with Crippen molar-refractivity contribution in [3.8, 4) is 11.8 Å². The van der Waals surface area contributed by atoms with E-state index < -0.39 is 0 Å². The molecule has 0 spiro atoms. The van der Waals surface area contributed by atoms with Crippen molar-refractivity contribution in [1.29, 1.82) is 0 Å². The van der Waals surface area contributed by atoms with Crippen molar-refractivity contribution in [3.63, 3.8) is 0 Å². The highest BCUT2D eigenvalue weighted by Crippen LogP contribution is 2.03. The fraction of sp³-hybridized carbons (Fsp3) is 0.500. The maximum Gasteiger partial charge on any atom is 0.298 e. The Kier molecular flexibility index (Phi) is 4.59. The Labute approximate surface area is 96.2 Å². The lowest BCUT2D eigenvalue weighted by atomic mass is 10.3. The summed E-state index contributed by atoms with van der Waals surface area (Å²) in [7, 11) is 0. The van der Waals surface area contributed by atoms with Crippen molar-refractivity contribution in [3.05, 3.63) is 18.0 Å². The van der Waals surface area contributed by atoms with Crippen LogP contribution < -0.4 is 0 Å². The Morgan fingerprint density at radius 1 is 1.56 bits per heavy atom. The molecule has 0 N–H and O–H groups in total. The quantitative estimate of drug-likeness (QED) is 0.715. The van der Waals surface area contributed by atoms with Crippen molar-refractivity contribution in [2.45, 2.75) is 33.9 Å². The van der Waals surface area contributed by atoms with Gasteiger partial charge >= 0.3 is 0 Å². The maximum atomic E-state index is 11.6. The van der Waals surface area contributed by atoms with Gasteiger partial charge in [-0.25, -0.2) is 0 Å². The van der Waals surface area contributed by atoms with Crippen molar-refractivity contribution in [1.82, 2.24) is 14.7 Å². The fourth-order valence-corrected chi connectivity index (χ4v) is 1.39. The SMILES string of the molecule is CC#CC(=O)N(CC)Cc1cnn(CC)c1. The van der Waals surface area contributed by atoms with Crippen LogP contribution in [0.1, 0.15) is 26.3 Å². The molecular formula is C12H17N3O. The smallest absolute Gasteiger partial charge is 0.298 e. The molecule has 4 heteroatoms. The van der Waals surface area contributed by atoms with Gasteiger partial charge in [0, 0.05) is 31.4 Å².